The molecule has 0 saturated carbocycles. The quantitative estimate of drug-likeness (QED) is 0.497. The molecule has 0 amide bonds. The van der Waals surface area contributed by atoms with Crippen LogP contribution in [0.15, 0.2) is 12.5 Å². The van der Waals surface area contributed by atoms with Crippen molar-refractivity contribution >= 4 is 5.97 Å². The van der Waals surface area contributed by atoms with E-state index in [2.05, 4.69) is 22.2 Å². The van der Waals surface area contributed by atoms with Gasteiger partial charge in [0.15, 0.2) is 0 Å². The maximum Gasteiger partial charge on any atom is 0.320 e. The molecule has 15 heavy (non-hydrogen) atoms. The van der Waals surface area contributed by atoms with Gasteiger partial charge >= 0.3 is 5.97 Å². The van der Waals surface area contributed by atoms with Crippen molar-refractivity contribution in [2.45, 2.75) is 25.4 Å². The average Bonchev–Trinajstić information content (AvgIpc) is 2.81. The van der Waals surface area contributed by atoms with Gasteiger partial charge in [0.1, 0.15) is 6.04 Å². The monoisotopic (exact) mass is 212 g/mol. The van der Waals surface area contributed by atoms with Gasteiger partial charge in [-0.2, -0.15) is 0 Å². The predicted octanol–water partition coefficient (Wildman–Crippen LogP) is -0.658. The molecule has 1 aliphatic heterocycles. The molecule has 0 aromatic carbocycles. The van der Waals surface area contributed by atoms with Crippen molar-refractivity contribution < 1.29 is 9.90 Å². The summed E-state index contributed by atoms with van der Waals surface area (Å²) in [7, 11) is 0. The van der Waals surface area contributed by atoms with E-state index in [0.717, 1.165) is 6.04 Å². The van der Waals surface area contributed by atoms with Crippen molar-refractivity contribution in [3.8, 4) is 0 Å². The number of H-pyrrole nitrogens is 1. The highest BCUT2D eigenvalue weighted by molar-refractivity contribution is 5.73. The molecular weight excluding hydrogens is 196 g/mol. The Morgan fingerprint density at radius 2 is 2.47 bits per heavy atom. The fourth-order valence-corrected chi connectivity index (χ4v) is 0.833. The molecule has 5 N–H and O–H groups in total. The van der Waals surface area contributed by atoms with Crippen LogP contribution in [0.3, 0.4) is 0 Å². The smallest absolute Gasteiger partial charge is 0.320 e. The van der Waals surface area contributed by atoms with E-state index in [1.165, 1.54) is 12.9 Å². The minimum atomic E-state index is -1.01. The van der Waals surface area contributed by atoms with Gasteiger partial charge in [0.2, 0.25) is 0 Å². The molecule has 0 radical (unpaired) electrons. The molecule has 1 unspecified atom stereocenters. The molecule has 6 heteroatoms. The highest BCUT2D eigenvalue weighted by atomic mass is 16.4. The first-order valence-electron chi connectivity index (χ1n) is 4.79. The number of carbonyl (C=O) groups is 1. The molecule has 1 fully saturated rings. The number of aromatic nitrogens is 2. The van der Waals surface area contributed by atoms with E-state index >= 15 is 0 Å². The van der Waals surface area contributed by atoms with Gasteiger partial charge in [0.05, 0.1) is 12.0 Å². The first-order chi connectivity index (χ1) is 7.09. The Balaban J connectivity index is 0.000000234. The van der Waals surface area contributed by atoms with Crippen molar-refractivity contribution in [3.63, 3.8) is 0 Å². The standard InChI is InChI=1S/C6H9N3O2.C3H7N/c7-5(6(10)11)1-4-2-8-3-9-4;1-3-2-4-3/h2-3,5H,1,7H2,(H,8,9)(H,10,11);3-4H,2H2,1H3/t5-;/m0./s1. The fourth-order valence-electron chi connectivity index (χ4n) is 0.833. The van der Waals surface area contributed by atoms with Crippen LogP contribution in [0, 0.1) is 0 Å². The summed E-state index contributed by atoms with van der Waals surface area (Å²) in [6.45, 7) is 3.40. The number of nitrogens with zero attached hydrogens (tertiary/aromatic N) is 1. The van der Waals surface area contributed by atoms with Crippen molar-refractivity contribution in [1.82, 2.24) is 15.3 Å². The number of carboxylic acid groups (broad SMARTS) is 1. The lowest BCUT2D eigenvalue weighted by atomic mass is 10.2. The third-order valence-corrected chi connectivity index (χ3v) is 1.91. The number of rotatable bonds is 3. The number of aromatic amines is 1. The van der Waals surface area contributed by atoms with Crippen LogP contribution in [0.25, 0.3) is 0 Å². The summed E-state index contributed by atoms with van der Waals surface area (Å²) < 4.78 is 0. The number of nitrogens with two attached hydrogens (primary N) is 1. The van der Waals surface area contributed by atoms with Gasteiger partial charge in [0.25, 0.3) is 0 Å². The maximum absolute atomic E-state index is 10.3. The van der Waals surface area contributed by atoms with Gasteiger partial charge in [-0.3, -0.25) is 4.79 Å². The minimum Gasteiger partial charge on any atom is -0.480 e. The summed E-state index contributed by atoms with van der Waals surface area (Å²) in [5.74, 6) is -1.01. The summed E-state index contributed by atoms with van der Waals surface area (Å²) in [5, 5.41) is 11.5. The van der Waals surface area contributed by atoms with Crippen LogP contribution in [0.4, 0.5) is 0 Å². The summed E-state index contributed by atoms with van der Waals surface area (Å²) in [6, 6.07) is -0.0294. The molecule has 84 valence electrons. The van der Waals surface area contributed by atoms with Gasteiger partial charge in [-0.25, -0.2) is 4.98 Å². The Morgan fingerprint density at radius 1 is 1.87 bits per heavy atom. The average molecular weight is 212 g/mol. The molecule has 2 rings (SSSR count). The summed E-state index contributed by atoms with van der Waals surface area (Å²) in [4.78, 5) is 16.8. The van der Waals surface area contributed by atoms with E-state index in [1.54, 1.807) is 6.20 Å². The third kappa shape index (κ3) is 5.14. The summed E-state index contributed by atoms with van der Waals surface area (Å²) in [6.07, 6.45) is 3.38. The highest BCUT2D eigenvalue weighted by Gasteiger charge is 2.12. The lowest BCUT2D eigenvalue weighted by Gasteiger charge is -2.01. The topological polar surface area (TPSA) is 114 Å². The molecule has 1 saturated heterocycles. The second-order valence-electron chi connectivity index (χ2n) is 3.52. The predicted molar refractivity (Wildman–Crippen MR) is 55.4 cm³/mol. The van der Waals surface area contributed by atoms with Crippen LogP contribution in [0.5, 0.6) is 0 Å². The molecule has 1 aromatic rings. The Labute approximate surface area is 87.9 Å². The largest absolute Gasteiger partial charge is 0.480 e. The van der Waals surface area contributed by atoms with Gasteiger partial charge < -0.3 is 21.1 Å². The van der Waals surface area contributed by atoms with Crippen molar-refractivity contribution in [1.29, 1.82) is 0 Å². The zero-order chi connectivity index (χ0) is 11.3. The van der Waals surface area contributed by atoms with Crippen LogP contribution < -0.4 is 11.1 Å². The summed E-state index contributed by atoms with van der Waals surface area (Å²) >= 11 is 0. The minimum absolute atomic E-state index is 0.263. The first-order valence-corrected chi connectivity index (χ1v) is 4.79. The Morgan fingerprint density at radius 3 is 2.80 bits per heavy atom. The Bertz CT molecular complexity index is 295. The van der Waals surface area contributed by atoms with Crippen LogP contribution in [0.2, 0.25) is 0 Å². The Kier molecular flexibility index (Phi) is 4.26. The van der Waals surface area contributed by atoms with E-state index in [4.69, 9.17) is 10.8 Å². The van der Waals surface area contributed by atoms with Gasteiger partial charge in [0, 0.05) is 25.2 Å². The molecule has 0 aliphatic carbocycles. The molecule has 2 heterocycles. The van der Waals surface area contributed by atoms with Crippen molar-refractivity contribution in [2.24, 2.45) is 5.73 Å². The zero-order valence-corrected chi connectivity index (χ0v) is 8.60. The molecule has 0 spiro atoms. The molecule has 0 bridgehead atoms. The van der Waals surface area contributed by atoms with Crippen LogP contribution in [-0.4, -0.2) is 39.7 Å². The fraction of sp³-hybridized carbons (Fsp3) is 0.556. The zero-order valence-electron chi connectivity index (χ0n) is 8.60. The van der Waals surface area contributed by atoms with Crippen LogP contribution in [0.1, 0.15) is 12.6 Å². The van der Waals surface area contributed by atoms with Gasteiger partial charge in [-0.1, -0.05) is 0 Å². The molecule has 1 aliphatic rings. The first kappa shape index (κ1) is 11.7. The van der Waals surface area contributed by atoms with E-state index in [1.807, 2.05) is 0 Å². The second-order valence-corrected chi connectivity index (χ2v) is 3.52. The lowest BCUT2D eigenvalue weighted by Crippen LogP contribution is -2.32. The van der Waals surface area contributed by atoms with E-state index < -0.39 is 12.0 Å². The Hall–Kier alpha value is -1.40. The van der Waals surface area contributed by atoms with Gasteiger partial charge in [-0.15, -0.1) is 0 Å². The van der Waals surface area contributed by atoms with Crippen LogP contribution in [-0.2, 0) is 11.2 Å². The van der Waals surface area contributed by atoms with Gasteiger partial charge in [-0.05, 0) is 6.92 Å². The van der Waals surface area contributed by atoms with Crippen molar-refractivity contribution in [2.75, 3.05) is 6.54 Å². The van der Waals surface area contributed by atoms with Crippen molar-refractivity contribution in [3.05, 3.63) is 18.2 Å². The number of carboxylic acids is 1. The summed E-state index contributed by atoms with van der Waals surface area (Å²) in [5.41, 5.74) is 5.92. The molecule has 6 nitrogen and oxygen atoms in total. The number of aliphatic carboxylic acids is 1. The molecule has 1 aromatic heterocycles. The van der Waals surface area contributed by atoms with E-state index in [9.17, 15) is 4.79 Å². The maximum atomic E-state index is 10.3. The highest BCUT2D eigenvalue weighted by Crippen LogP contribution is 1.95. The van der Waals surface area contributed by atoms with E-state index in [0.29, 0.717) is 5.69 Å². The number of hydrogen-bond donors (Lipinski definition) is 4. The van der Waals surface area contributed by atoms with E-state index in [-0.39, 0.29) is 6.42 Å². The normalized spacial score (nSPS) is 20.0. The molecule has 2 atom stereocenters. The van der Waals surface area contributed by atoms with Crippen LogP contribution >= 0.6 is 0 Å². The SMILES string of the molecule is CC1CN1.N[C@@H](Cc1c[nH]cn1)C(=O)O. The lowest BCUT2D eigenvalue weighted by molar-refractivity contribution is -0.138. The number of imidazole rings is 1. The second kappa shape index (κ2) is 5.47. The number of nitrogens with one attached hydrogen (secondary N) is 2. The third-order valence-electron chi connectivity index (χ3n) is 1.91. The molecular formula is C9H16N4O2. The number of hydrogen-bond acceptors (Lipinski definition) is 4.